The summed E-state index contributed by atoms with van der Waals surface area (Å²) in [7, 11) is 0. The molecule has 0 aliphatic heterocycles. The predicted molar refractivity (Wildman–Crippen MR) is 50.7 cm³/mol. The zero-order valence-corrected chi connectivity index (χ0v) is 7.68. The highest BCUT2D eigenvalue weighted by atomic mass is 16.1. The minimum atomic E-state index is -0.111. The maximum Gasteiger partial charge on any atom is 0.243 e. The lowest BCUT2D eigenvalue weighted by atomic mass is 10.1. The normalized spacial score (nSPS) is 12.2. The Morgan fingerprint density at radius 1 is 1.75 bits per heavy atom. The van der Waals surface area contributed by atoms with Crippen LogP contribution in [0.15, 0.2) is 12.7 Å². The Bertz CT molecular complexity index is 145. The molecule has 0 aliphatic rings. The molecule has 3 N–H and O–H groups in total. The third kappa shape index (κ3) is 5.92. The highest BCUT2D eigenvalue weighted by molar-refractivity contribution is 5.86. The van der Waals surface area contributed by atoms with Crippen molar-refractivity contribution in [1.29, 1.82) is 0 Å². The highest BCUT2D eigenvalue weighted by Crippen LogP contribution is 1.96. The number of nitrogens with one attached hydrogen (secondary N) is 1. The van der Waals surface area contributed by atoms with Gasteiger partial charge in [0, 0.05) is 12.6 Å². The third-order valence-electron chi connectivity index (χ3n) is 1.76. The average molecular weight is 170 g/mol. The third-order valence-corrected chi connectivity index (χ3v) is 1.76. The maximum atomic E-state index is 10.7. The van der Waals surface area contributed by atoms with Gasteiger partial charge >= 0.3 is 0 Å². The Balaban J connectivity index is 3.21. The van der Waals surface area contributed by atoms with Crippen LogP contribution in [0.2, 0.25) is 0 Å². The van der Waals surface area contributed by atoms with Gasteiger partial charge in [0.1, 0.15) is 0 Å². The fraction of sp³-hybridized carbons (Fsp3) is 0.667. The summed E-state index contributed by atoms with van der Waals surface area (Å²) >= 11 is 0. The monoisotopic (exact) mass is 170 g/mol. The summed E-state index contributed by atoms with van der Waals surface area (Å²) < 4.78 is 0. The fourth-order valence-electron chi connectivity index (χ4n) is 0.852. The number of hydrogen-bond donors (Lipinski definition) is 2. The van der Waals surface area contributed by atoms with Crippen LogP contribution in [0, 0.1) is 0 Å². The Morgan fingerprint density at radius 2 is 2.42 bits per heavy atom. The molecular formula is C9H18N2O. The summed E-state index contributed by atoms with van der Waals surface area (Å²) in [5.41, 5.74) is 5.69. The first kappa shape index (κ1) is 11.2. The van der Waals surface area contributed by atoms with Crippen LogP contribution >= 0.6 is 0 Å². The summed E-state index contributed by atoms with van der Waals surface area (Å²) in [5, 5.41) is 2.70. The van der Waals surface area contributed by atoms with Crippen molar-refractivity contribution < 1.29 is 4.79 Å². The molecular weight excluding hydrogens is 152 g/mol. The second kappa shape index (κ2) is 6.85. The van der Waals surface area contributed by atoms with E-state index in [-0.39, 0.29) is 11.9 Å². The zero-order valence-electron chi connectivity index (χ0n) is 7.68. The van der Waals surface area contributed by atoms with E-state index in [0.29, 0.717) is 6.54 Å². The summed E-state index contributed by atoms with van der Waals surface area (Å²) in [6.45, 7) is 6.11. The second-order valence-electron chi connectivity index (χ2n) is 2.81. The number of nitrogens with two attached hydrogens (primary N) is 1. The first-order chi connectivity index (χ1) is 5.70. The summed E-state index contributed by atoms with van der Waals surface area (Å²) in [6, 6.07) is 0.269. The summed E-state index contributed by atoms with van der Waals surface area (Å²) in [5.74, 6) is -0.111. The lowest BCUT2D eigenvalue weighted by Crippen LogP contribution is -2.25. The molecule has 1 amide bonds. The highest BCUT2D eigenvalue weighted by Gasteiger charge is 1.98. The molecule has 3 heteroatoms. The quantitative estimate of drug-likeness (QED) is 0.458. The fourth-order valence-corrected chi connectivity index (χ4v) is 0.852. The van der Waals surface area contributed by atoms with Crippen LogP contribution in [-0.2, 0) is 4.79 Å². The minimum Gasteiger partial charge on any atom is -0.353 e. The molecule has 0 radical (unpaired) electrons. The molecule has 0 aliphatic carbocycles. The molecule has 0 heterocycles. The lowest BCUT2D eigenvalue weighted by molar-refractivity contribution is -0.116. The van der Waals surface area contributed by atoms with Crippen LogP contribution in [0.5, 0.6) is 0 Å². The first-order valence-electron chi connectivity index (χ1n) is 4.36. The predicted octanol–water partition coefficient (Wildman–Crippen LogP) is 0.806. The van der Waals surface area contributed by atoms with E-state index < -0.39 is 0 Å². The van der Waals surface area contributed by atoms with E-state index in [0.717, 1.165) is 19.3 Å². The smallest absolute Gasteiger partial charge is 0.243 e. The van der Waals surface area contributed by atoms with Gasteiger partial charge in [-0.25, -0.2) is 0 Å². The number of amides is 1. The number of rotatable bonds is 6. The van der Waals surface area contributed by atoms with E-state index in [1.54, 1.807) is 0 Å². The molecule has 70 valence electrons. The van der Waals surface area contributed by atoms with Crippen molar-refractivity contribution in [3.05, 3.63) is 12.7 Å². The van der Waals surface area contributed by atoms with Gasteiger partial charge in [-0.1, -0.05) is 13.5 Å². The van der Waals surface area contributed by atoms with Gasteiger partial charge in [0.05, 0.1) is 0 Å². The van der Waals surface area contributed by atoms with E-state index in [9.17, 15) is 4.79 Å². The zero-order chi connectivity index (χ0) is 9.40. The topological polar surface area (TPSA) is 55.1 Å². The van der Waals surface area contributed by atoms with Crippen LogP contribution in [0.1, 0.15) is 26.2 Å². The maximum absolute atomic E-state index is 10.7. The molecule has 0 aromatic carbocycles. The van der Waals surface area contributed by atoms with E-state index in [1.807, 2.05) is 0 Å². The van der Waals surface area contributed by atoms with E-state index >= 15 is 0 Å². The van der Waals surface area contributed by atoms with Crippen molar-refractivity contribution in [3.63, 3.8) is 0 Å². The SMILES string of the molecule is C=CC(=O)NCCCC(N)CC. The molecule has 12 heavy (non-hydrogen) atoms. The van der Waals surface area contributed by atoms with Gasteiger partial charge in [-0.3, -0.25) is 4.79 Å². The van der Waals surface area contributed by atoms with E-state index in [1.165, 1.54) is 6.08 Å². The standard InChI is InChI=1S/C9H18N2O/c1-3-8(10)6-5-7-11-9(12)4-2/h4,8H,2-3,5-7,10H2,1H3,(H,11,12). The largest absolute Gasteiger partial charge is 0.353 e. The van der Waals surface area contributed by atoms with Gasteiger partial charge in [-0.15, -0.1) is 0 Å². The molecule has 0 rings (SSSR count). The molecule has 1 unspecified atom stereocenters. The Labute approximate surface area is 74.0 Å². The van der Waals surface area contributed by atoms with Gasteiger partial charge < -0.3 is 11.1 Å². The van der Waals surface area contributed by atoms with Crippen molar-refractivity contribution in [3.8, 4) is 0 Å². The Kier molecular flexibility index (Phi) is 6.38. The minimum absolute atomic E-state index is 0.111. The van der Waals surface area contributed by atoms with Crippen LogP contribution in [0.4, 0.5) is 0 Å². The van der Waals surface area contributed by atoms with Crippen molar-refractivity contribution in [2.45, 2.75) is 32.2 Å². The van der Waals surface area contributed by atoms with Gasteiger partial charge in [0.25, 0.3) is 0 Å². The van der Waals surface area contributed by atoms with Gasteiger partial charge in [-0.2, -0.15) is 0 Å². The number of carbonyl (C=O) groups excluding carboxylic acids is 1. The lowest BCUT2D eigenvalue weighted by Gasteiger charge is -2.07. The molecule has 0 bridgehead atoms. The first-order valence-corrected chi connectivity index (χ1v) is 4.36. The van der Waals surface area contributed by atoms with Crippen molar-refractivity contribution in [2.24, 2.45) is 5.73 Å². The summed E-state index contributed by atoms with van der Waals surface area (Å²) in [6.07, 6.45) is 4.18. The molecule has 0 saturated heterocycles. The Morgan fingerprint density at radius 3 is 2.92 bits per heavy atom. The van der Waals surface area contributed by atoms with E-state index in [2.05, 4.69) is 18.8 Å². The van der Waals surface area contributed by atoms with Gasteiger partial charge in [-0.05, 0) is 25.3 Å². The molecule has 0 saturated carbocycles. The van der Waals surface area contributed by atoms with Gasteiger partial charge in [0.2, 0.25) is 5.91 Å². The van der Waals surface area contributed by atoms with Crippen molar-refractivity contribution in [1.82, 2.24) is 5.32 Å². The van der Waals surface area contributed by atoms with Crippen molar-refractivity contribution in [2.75, 3.05) is 6.54 Å². The second-order valence-corrected chi connectivity index (χ2v) is 2.81. The van der Waals surface area contributed by atoms with Crippen LogP contribution in [0.3, 0.4) is 0 Å². The number of carbonyl (C=O) groups is 1. The molecule has 1 atom stereocenters. The molecule has 0 aromatic heterocycles. The number of hydrogen-bond acceptors (Lipinski definition) is 2. The van der Waals surface area contributed by atoms with Crippen LogP contribution in [0.25, 0.3) is 0 Å². The van der Waals surface area contributed by atoms with Crippen LogP contribution < -0.4 is 11.1 Å². The van der Waals surface area contributed by atoms with Gasteiger partial charge in [0.15, 0.2) is 0 Å². The average Bonchev–Trinajstić information content (AvgIpc) is 2.11. The van der Waals surface area contributed by atoms with E-state index in [4.69, 9.17) is 5.73 Å². The van der Waals surface area contributed by atoms with Crippen molar-refractivity contribution >= 4 is 5.91 Å². The molecule has 0 aromatic rings. The molecule has 0 fully saturated rings. The summed E-state index contributed by atoms with van der Waals surface area (Å²) in [4.78, 5) is 10.7. The molecule has 0 spiro atoms. The molecule has 3 nitrogen and oxygen atoms in total. The Hall–Kier alpha value is -0.830. The van der Waals surface area contributed by atoms with Crippen LogP contribution in [-0.4, -0.2) is 18.5 Å².